The normalized spacial score (nSPS) is 18.4. The number of halogens is 3. The predicted octanol–water partition coefficient (Wildman–Crippen LogP) is 3.16. The predicted molar refractivity (Wildman–Crippen MR) is 147 cm³/mol. The number of rotatable bonds is 4. The molecule has 37 heavy (non-hydrogen) atoms. The fourth-order valence-electron chi connectivity index (χ4n) is 3.24. The van der Waals surface area contributed by atoms with Crippen LogP contribution in [-0.2, 0) is 9.47 Å². The largest absolute Gasteiger partial charge is 0.384 e. The molecular formula is C24H29BrCl2N6O4. The van der Waals surface area contributed by atoms with Crippen LogP contribution in [0.15, 0.2) is 16.9 Å². The van der Waals surface area contributed by atoms with Crippen LogP contribution >= 0.6 is 39.1 Å². The second kappa shape index (κ2) is 18.1. The van der Waals surface area contributed by atoms with Crippen LogP contribution in [0.25, 0.3) is 0 Å². The summed E-state index contributed by atoms with van der Waals surface area (Å²) in [5, 5.41) is 23.3. The highest BCUT2D eigenvalue weighted by atomic mass is 79.9. The highest BCUT2D eigenvalue weighted by molar-refractivity contribution is 9.10. The first kappa shape index (κ1) is 31.0. The summed E-state index contributed by atoms with van der Waals surface area (Å²) < 4.78 is 11.6. The van der Waals surface area contributed by atoms with Crippen LogP contribution in [0.2, 0.25) is 10.6 Å². The minimum absolute atomic E-state index is 0.153. The number of aliphatic hydroxyl groups is 2. The number of hydrogen-bond acceptors (Lipinski definition) is 10. The Morgan fingerprint density at radius 2 is 1.49 bits per heavy atom. The number of nitrogens with zero attached hydrogens (tertiary/aromatic N) is 4. The van der Waals surface area contributed by atoms with Gasteiger partial charge >= 0.3 is 0 Å². The standard InChI is InChI=1S/C12H14ClN3O2.C9H11BrClN3O.C3H4O/c13-12-14-7-9(3-1-5-17)11(16-12)15-10-4-2-6-18-8-10;10-7-4-12-9(11)14-8(7)13-6-2-1-3-15-5-6;1-2-3-4/h7,10,17H,2,4-6,8H2,(H,14,15,16);4,6H,1-3,5H2,(H,12,13,14);1,4H,3H2. The van der Waals surface area contributed by atoms with Crippen LogP contribution < -0.4 is 10.6 Å². The number of nitrogens with one attached hydrogen (secondary N) is 2. The van der Waals surface area contributed by atoms with Crippen LogP contribution in [0, 0.1) is 24.2 Å². The zero-order chi connectivity index (χ0) is 26.9. The van der Waals surface area contributed by atoms with Gasteiger partial charge in [0.05, 0.1) is 35.3 Å². The smallest absolute Gasteiger partial charge is 0.224 e. The highest BCUT2D eigenvalue weighted by Gasteiger charge is 2.17. The summed E-state index contributed by atoms with van der Waals surface area (Å²) >= 11 is 14.9. The molecule has 2 saturated heterocycles. The average Bonchev–Trinajstić information content (AvgIpc) is 2.92. The van der Waals surface area contributed by atoms with E-state index in [0.29, 0.717) is 30.6 Å². The molecule has 2 aromatic rings. The van der Waals surface area contributed by atoms with Crippen molar-refractivity contribution in [2.75, 3.05) is 50.3 Å². The zero-order valence-electron chi connectivity index (χ0n) is 20.1. The molecule has 10 nitrogen and oxygen atoms in total. The molecule has 0 aromatic carbocycles. The zero-order valence-corrected chi connectivity index (χ0v) is 23.2. The SMILES string of the molecule is C#CCO.Clc1ncc(Br)c(NC2CCCOC2)n1.OCC#Cc1cnc(Cl)nc1NC1CCCOC1. The lowest BCUT2D eigenvalue weighted by Crippen LogP contribution is -2.30. The number of anilines is 2. The molecule has 2 aliphatic rings. The van der Waals surface area contributed by atoms with Gasteiger partial charge in [-0.2, -0.15) is 9.97 Å². The molecule has 0 saturated carbocycles. The molecule has 2 aromatic heterocycles. The van der Waals surface area contributed by atoms with E-state index < -0.39 is 0 Å². The topological polar surface area (TPSA) is 135 Å². The van der Waals surface area contributed by atoms with Gasteiger partial charge in [-0.05, 0) is 64.8 Å². The van der Waals surface area contributed by atoms with Crippen molar-refractivity contribution in [1.29, 1.82) is 0 Å². The highest BCUT2D eigenvalue weighted by Crippen LogP contribution is 2.22. The first-order valence-electron chi connectivity index (χ1n) is 11.5. The summed E-state index contributed by atoms with van der Waals surface area (Å²) in [4.78, 5) is 16.0. The Morgan fingerprint density at radius 3 is 2.00 bits per heavy atom. The minimum Gasteiger partial charge on any atom is -0.384 e. The first-order chi connectivity index (χ1) is 18.0. The molecule has 13 heteroatoms. The van der Waals surface area contributed by atoms with Crippen molar-refractivity contribution in [3.8, 4) is 24.2 Å². The molecule has 2 atom stereocenters. The van der Waals surface area contributed by atoms with Crippen LogP contribution in [0.4, 0.5) is 11.6 Å². The van der Waals surface area contributed by atoms with Gasteiger partial charge in [-0.1, -0.05) is 17.8 Å². The molecule has 0 spiro atoms. The molecule has 2 aliphatic heterocycles. The third kappa shape index (κ3) is 12.2. The Balaban J connectivity index is 0.000000230. The molecule has 2 fully saturated rings. The van der Waals surface area contributed by atoms with Crippen LogP contribution in [0.5, 0.6) is 0 Å². The minimum atomic E-state index is -0.200. The van der Waals surface area contributed by atoms with Crippen molar-refractivity contribution >= 4 is 50.8 Å². The Bertz CT molecular complexity index is 1070. The van der Waals surface area contributed by atoms with Gasteiger partial charge in [0.25, 0.3) is 0 Å². The van der Waals surface area contributed by atoms with E-state index in [4.69, 9.17) is 42.9 Å². The fraction of sp³-hybridized carbons (Fsp3) is 0.500. The molecule has 2 unspecified atom stereocenters. The van der Waals surface area contributed by atoms with Gasteiger partial charge in [0.1, 0.15) is 24.8 Å². The van der Waals surface area contributed by atoms with Crippen molar-refractivity contribution in [3.05, 3.63) is 33.0 Å². The van der Waals surface area contributed by atoms with E-state index in [1.165, 1.54) is 0 Å². The van der Waals surface area contributed by atoms with E-state index in [1.807, 2.05) is 5.92 Å². The van der Waals surface area contributed by atoms with Crippen molar-refractivity contribution < 1.29 is 19.7 Å². The van der Waals surface area contributed by atoms with Crippen LogP contribution in [0.3, 0.4) is 0 Å². The van der Waals surface area contributed by atoms with E-state index in [-0.39, 0.29) is 29.8 Å². The molecule has 0 aliphatic carbocycles. The van der Waals surface area contributed by atoms with E-state index in [2.05, 4.69) is 64.8 Å². The maximum atomic E-state index is 8.71. The molecule has 0 amide bonds. The summed E-state index contributed by atoms with van der Waals surface area (Å²) in [6.45, 7) is 2.67. The summed E-state index contributed by atoms with van der Waals surface area (Å²) in [7, 11) is 0. The quantitative estimate of drug-likeness (QED) is 0.300. The van der Waals surface area contributed by atoms with E-state index in [1.54, 1.807) is 12.4 Å². The van der Waals surface area contributed by atoms with E-state index in [9.17, 15) is 0 Å². The van der Waals surface area contributed by atoms with Crippen molar-refractivity contribution in [1.82, 2.24) is 19.9 Å². The van der Waals surface area contributed by atoms with Gasteiger partial charge in [-0.25, -0.2) is 9.97 Å². The summed E-state index contributed by atoms with van der Waals surface area (Å²) in [5.41, 5.74) is 0.624. The first-order valence-corrected chi connectivity index (χ1v) is 13.0. The van der Waals surface area contributed by atoms with Crippen LogP contribution in [-0.4, -0.2) is 81.9 Å². The van der Waals surface area contributed by atoms with Crippen molar-refractivity contribution in [2.24, 2.45) is 0 Å². The van der Waals surface area contributed by atoms with Gasteiger partial charge in [0, 0.05) is 25.6 Å². The number of aliphatic hydroxyl groups excluding tert-OH is 2. The van der Waals surface area contributed by atoms with E-state index in [0.717, 1.165) is 49.2 Å². The number of ether oxygens (including phenoxy) is 2. The molecule has 4 heterocycles. The molecular weight excluding hydrogens is 587 g/mol. The Hall–Kier alpha value is -2.22. The summed E-state index contributed by atoms with van der Waals surface area (Å²) in [5.74, 6) is 8.67. The third-order valence-electron chi connectivity index (χ3n) is 4.87. The Labute approximate surface area is 235 Å². The lowest BCUT2D eigenvalue weighted by molar-refractivity contribution is 0.0874. The van der Waals surface area contributed by atoms with Gasteiger partial charge in [0.2, 0.25) is 10.6 Å². The maximum Gasteiger partial charge on any atom is 0.224 e. The molecule has 200 valence electrons. The second-order valence-corrected chi connectivity index (χ2v) is 9.21. The molecule has 4 N–H and O–H groups in total. The van der Waals surface area contributed by atoms with Crippen molar-refractivity contribution in [2.45, 2.75) is 37.8 Å². The van der Waals surface area contributed by atoms with Gasteiger partial charge in [-0.15, -0.1) is 6.42 Å². The average molecular weight is 616 g/mol. The third-order valence-corrected chi connectivity index (χ3v) is 5.81. The lowest BCUT2D eigenvalue weighted by atomic mass is 10.1. The van der Waals surface area contributed by atoms with Crippen molar-refractivity contribution in [3.63, 3.8) is 0 Å². The van der Waals surface area contributed by atoms with Gasteiger partial charge < -0.3 is 30.3 Å². The van der Waals surface area contributed by atoms with E-state index >= 15 is 0 Å². The second-order valence-electron chi connectivity index (χ2n) is 7.68. The Morgan fingerprint density at radius 1 is 0.946 bits per heavy atom. The molecule has 0 bridgehead atoms. The number of aromatic nitrogens is 4. The molecule has 0 radical (unpaired) electrons. The maximum absolute atomic E-state index is 8.71. The summed E-state index contributed by atoms with van der Waals surface area (Å²) in [6, 6.07) is 0.514. The number of hydrogen-bond donors (Lipinski definition) is 4. The van der Waals surface area contributed by atoms with Crippen LogP contribution in [0.1, 0.15) is 31.2 Å². The number of terminal acetylenes is 1. The lowest BCUT2D eigenvalue weighted by Gasteiger charge is -2.24. The van der Waals surface area contributed by atoms with Gasteiger partial charge in [0.15, 0.2) is 0 Å². The summed E-state index contributed by atoms with van der Waals surface area (Å²) in [6.07, 6.45) is 11.9. The van der Waals surface area contributed by atoms with Gasteiger partial charge in [-0.3, -0.25) is 0 Å². The Kier molecular flexibility index (Phi) is 15.2. The molecule has 4 rings (SSSR count). The monoisotopic (exact) mass is 614 g/mol. The fourth-order valence-corrected chi connectivity index (χ4v) is 3.81.